The van der Waals surface area contributed by atoms with E-state index in [4.69, 9.17) is 16.7 Å². The number of nitrogens with one attached hydrogen (secondary N) is 1. The van der Waals surface area contributed by atoms with Crippen molar-refractivity contribution in [2.45, 2.75) is 18.9 Å². The Morgan fingerprint density at radius 3 is 3.14 bits per heavy atom. The molecule has 1 aliphatic heterocycles. The summed E-state index contributed by atoms with van der Waals surface area (Å²) < 4.78 is 0. The van der Waals surface area contributed by atoms with Gasteiger partial charge in [0.1, 0.15) is 0 Å². The van der Waals surface area contributed by atoms with Crippen LogP contribution in [0.4, 0.5) is 5.69 Å². The van der Waals surface area contributed by atoms with E-state index in [1.165, 1.54) is 0 Å². The number of anilines is 1. The first kappa shape index (κ1) is 14.6. The van der Waals surface area contributed by atoms with E-state index < -0.39 is 0 Å². The first-order valence-corrected chi connectivity index (χ1v) is 7.78. The molecule has 2 N–H and O–H groups in total. The number of rotatable bonds is 4. The van der Waals surface area contributed by atoms with Gasteiger partial charge in [-0.15, -0.1) is 0 Å². The van der Waals surface area contributed by atoms with E-state index in [9.17, 15) is 0 Å². The highest BCUT2D eigenvalue weighted by molar-refractivity contribution is 6.31. The topological polar surface area (TPSA) is 48.4 Å². The van der Waals surface area contributed by atoms with Crippen molar-refractivity contribution >= 4 is 28.2 Å². The van der Waals surface area contributed by atoms with E-state index in [1.807, 2.05) is 30.5 Å². The van der Waals surface area contributed by atoms with Crippen molar-refractivity contribution in [1.82, 2.24) is 9.88 Å². The second kappa shape index (κ2) is 6.60. The molecule has 5 heteroatoms. The molecule has 1 atom stereocenters. The van der Waals surface area contributed by atoms with Crippen LogP contribution in [0.15, 0.2) is 30.5 Å². The fraction of sp³-hybridized carbons (Fsp3) is 0.438. The third kappa shape index (κ3) is 3.46. The maximum Gasteiger partial charge on any atom is 0.0737 e. The van der Waals surface area contributed by atoms with Gasteiger partial charge in [-0.1, -0.05) is 11.6 Å². The van der Waals surface area contributed by atoms with Crippen LogP contribution in [-0.2, 0) is 0 Å². The molecule has 4 nitrogen and oxygen atoms in total. The predicted octanol–water partition coefficient (Wildman–Crippen LogP) is 2.76. The molecule has 1 saturated heterocycles. The lowest BCUT2D eigenvalue weighted by atomic mass is 10.0. The van der Waals surface area contributed by atoms with Gasteiger partial charge in [0.05, 0.1) is 12.1 Å². The first-order valence-electron chi connectivity index (χ1n) is 7.40. The van der Waals surface area contributed by atoms with E-state index in [0.717, 1.165) is 49.1 Å². The molecular weight excluding hydrogens is 286 g/mol. The van der Waals surface area contributed by atoms with Crippen molar-refractivity contribution in [2.75, 3.05) is 31.6 Å². The Bertz CT molecular complexity index is 617. The molecule has 0 spiro atoms. The van der Waals surface area contributed by atoms with Crippen LogP contribution < -0.4 is 5.32 Å². The number of aliphatic hydroxyl groups excluding tert-OH is 1. The molecule has 1 unspecified atom stereocenters. The van der Waals surface area contributed by atoms with Crippen molar-refractivity contribution in [3.05, 3.63) is 35.5 Å². The van der Waals surface area contributed by atoms with Crippen LogP contribution in [0.5, 0.6) is 0 Å². The summed E-state index contributed by atoms with van der Waals surface area (Å²) >= 11 is 6.03. The molecule has 0 amide bonds. The summed E-state index contributed by atoms with van der Waals surface area (Å²) in [5, 5.41) is 14.5. The summed E-state index contributed by atoms with van der Waals surface area (Å²) in [6, 6.07) is 8.23. The molecule has 3 rings (SSSR count). The maximum atomic E-state index is 9.08. The molecule has 112 valence electrons. The zero-order valence-corrected chi connectivity index (χ0v) is 12.7. The van der Waals surface area contributed by atoms with Gasteiger partial charge in [-0.05, 0) is 43.7 Å². The highest BCUT2D eigenvalue weighted by Crippen LogP contribution is 2.26. The Morgan fingerprint density at radius 2 is 2.29 bits per heavy atom. The third-order valence-corrected chi connectivity index (χ3v) is 4.22. The normalized spacial score (nSPS) is 19.8. The van der Waals surface area contributed by atoms with E-state index in [2.05, 4.69) is 15.2 Å². The zero-order chi connectivity index (χ0) is 14.7. The van der Waals surface area contributed by atoms with E-state index in [0.29, 0.717) is 11.1 Å². The standard InChI is InChI=1S/C16H20ClN3O/c17-12-3-4-14-15(5-6-18-16(14)10-12)19-13-2-1-7-20(11-13)8-9-21/h3-6,10,13,21H,1-2,7-9,11H2,(H,18,19). The van der Waals surface area contributed by atoms with E-state index >= 15 is 0 Å². The number of halogens is 1. The molecule has 1 aromatic carbocycles. The lowest BCUT2D eigenvalue weighted by Gasteiger charge is -2.33. The van der Waals surface area contributed by atoms with Gasteiger partial charge in [0.2, 0.25) is 0 Å². The van der Waals surface area contributed by atoms with Crippen LogP contribution in [0.25, 0.3) is 10.9 Å². The second-order valence-electron chi connectivity index (χ2n) is 5.53. The van der Waals surface area contributed by atoms with Gasteiger partial charge in [-0.3, -0.25) is 9.88 Å². The van der Waals surface area contributed by atoms with Crippen molar-refractivity contribution in [2.24, 2.45) is 0 Å². The zero-order valence-electron chi connectivity index (χ0n) is 11.9. The molecule has 0 aliphatic carbocycles. The van der Waals surface area contributed by atoms with E-state index in [-0.39, 0.29) is 6.61 Å². The highest BCUT2D eigenvalue weighted by atomic mass is 35.5. The van der Waals surface area contributed by atoms with Gasteiger partial charge in [0.25, 0.3) is 0 Å². The molecule has 1 aromatic heterocycles. The van der Waals surface area contributed by atoms with Crippen LogP contribution in [0.1, 0.15) is 12.8 Å². The molecule has 0 saturated carbocycles. The fourth-order valence-electron chi connectivity index (χ4n) is 2.98. The minimum absolute atomic E-state index is 0.226. The highest BCUT2D eigenvalue weighted by Gasteiger charge is 2.19. The van der Waals surface area contributed by atoms with Crippen molar-refractivity contribution in [1.29, 1.82) is 0 Å². The minimum Gasteiger partial charge on any atom is -0.395 e. The molecule has 2 aromatic rings. The van der Waals surface area contributed by atoms with Crippen molar-refractivity contribution in [3.63, 3.8) is 0 Å². The van der Waals surface area contributed by atoms with Crippen LogP contribution in [0.3, 0.4) is 0 Å². The summed E-state index contributed by atoms with van der Waals surface area (Å²) in [6.45, 7) is 3.03. The summed E-state index contributed by atoms with van der Waals surface area (Å²) in [4.78, 5) is 6.68. The number of hydrogen-bond donors (Lipinski definition) is 2. The monoisotopic (exact) mass is 305 g/mol. The Morgan fingerprint density at radius 1 is 1.38 bits per heavy atom. The SMILES string of the molecule is OCCN1CCCC(Nc2ccnc3cc(Cl)ccc23)C1. The average molecular weight is 306 g/mol. The number of aliphatic hydroxyl groups is 1. The molecule has 1 fully saturated rings. The number of aromatic nitrogens is 1. The molecule has 0 radical (unpaired) electrons. The van der Waals surface area contributed by atoms with Crippen LogP contribution in [0, 0.1) is 0 Å². The number of hydrogen-bond acceptors (Lipinski definition) is 4. The molecule has 0 bridgehead atoms. The van der Waals surface area contributed by atoms with Crippen molar-refractivity contribution < 1.29 is 5.11 Å². The lowest BCUT2D eigenvalue weighted by Crippen LogP contribution is -2.43. The van der Waals surface area contributed by atoms with Gasteiger partial charge in [-0.25, -0.2) is 0 Å². The molecule has 21 heavy (non-hydrogen) atoms. The van der Waals surface area contributed by atoms with Gasteiger partial charge in [0.15, 0.2) is 0 Å². The Kier molecular flexibility index (Phi) is 4.58. The number of piperidine rings is 1. The quantitative estimate of drug-likeness (QED) is 0.912. The number of benzene rings is 1. The van der Waals surface area contributed by atoms with Crippen LogP contribution in [0.2, 0.25) is 5.02 Å². The van der Waals surface area contributed by atoms with Gasteiger partial charge >= 0.3 is 0 Å². The summed E-state index contributed by atoms with van der Waals surface area (Å²) in [7, 11) is 0. The van der Waals surface area contributed by atoms with Gasteiger partial charge in [-0.2, -0.15) is 0 Å². The molecular formula is C16H20ClN3O. The number of likely N-dealkylation sites (tertiary alicyclic amines) is 1. The maximum absolute atomic E-state index is 9.08. The number of pyridine rings is 1. The summed E-state index contributed by atoms with van der Waals surface area (Å²) in [5.41, 5.74) is 2.02. The number of β-amino-alcohol motifs (C(OH)–C–C–N with tert-alkyl or cyclic N) is 1. The van der Waals surface area contributed by atoms with Gasteiger partial charge < -0.3 is 10.4 Å². The largest absolute Gasteiger partial charge is 0.395 e. The molecule has 2 heterocycles. The molecule has 1 aliphatic rings. The van der Waals surface area contributed by atoms with Gasteiger partial charge in [0, 0.05) is 41.4 Å². The Labute approximate surface area is 129 Å². The van der Waals surface area contributed by atoms with Crippen LogP contribution in [-0.4, -0.2) is 47.3 Å². The Balaban J connectivity index is 1.78. The lowest BCUT2D eigenvalue weighted by molar-refractivity contribution is 0.166. The average Bonchev–Trinajstić information content (AvgIpc) is 2.48. The smallest absolute Gasteiger partial charge is 0.0737 e. The second-order valence-corrected chi connectivity index (χ2v) is 5.96. The minimum atomic E-state index is 0.226. The fourth-order valence-corrected chi connectivity index (χ4v) is 3.15. The third-order valence-electron chi connectivity index (χ3n) is 3.99. The predicted molar refractivity (Wildman–Crippen MR) is 86.9 cm³/mol. The van der Waals surface area contributed by atoms with Crippen LogP contribution >= 0.6 is 11.6 Å². The summed E-state index contributed by atoms with van der Waals surface area (Å²) in [6.07, 6.45) is 4.13. The van der Waals surface area contributed by atoms with Crippen molar-refractivity contribution in [3.8, 4) is 0 Å². The van der Waals surface area contributed by atoms with E-state index in [1.54, 1.807) is 0 Å². The first-order chi connectivity index (χ1) is 10.3. The Hall–Kier alpha value is -1.36. The number of fused-ring (bicyclic) bond motifs is 1. The summed E-state index contributed by atoms with van der Waals surface area (Å²) in [5.74, 6) is 0. The number of nitrogens with zero attached hydrogens (tertiary/aromatic N) is 2.